The first-order valence-electron chi connectivity index (χ1n) is 12.6. The summed E-state index contributed by atoms with van der Waals surface area (Å²) in [5, 5.41) is 0. The molecule has 2 aliphatic rings. The lowest BCUT2D eigenvalue weighted by molar-refractivity contribution is 0.205. The van der Waals surface area contributed by atoms with Crippen molar-refractivity contribution >= 4 is 5.95 Å². The molecule has 1 unspecified atom stereocenters. The second-order valence-electron chi connectivity index (χ2n) is 9.26. The van der Waals surface area contributed by atoms with Crippen LogP contribution in [0.4, 0.5) is 10.3 Å². The molecule has 0 bridgehead atoms. The third kappa shape index (κ3) is 4.57. The van der Waals surface area contributed by atoms with E-state index in [1.54, 1.807) is 12.1 Å². The van der Waals surface area contributed by atoms with Crippen LogP contribution < -0.4 is 4.90 Å². The van der Waals surface area contributed by atoms with E-state index in [2.05, 4.69) is 40.7 Å². The van der Waals surface area contributed by atoms with Crippen LogP contribution in [-0.4, -0.2) is 72.1 Å². The summed E-state index contributed by atoms with van der Waals surface area (Å²) < 4.78 is 14.7. The maximum atomic E-state index is 14.7. The van der Waals surface area contributed by atoms with Gasteiger partial charge in [0.1, 0.15) is 5.82 Å². The fourth-order valence-electron chi connectivity index (χ4n) is 5.31. The predicted octanol–water partition coefficient (Wildman–Crippen LogP) is 4.43. The molecule has 1 saturated heterocycles. The molecule has 34 heavy (non-hydrogen) atoms. The van der Waals surface area contributed by atoms with Crippen molar-refractivity contribution in [1.82, 2.24) is 19.8 Å². The number of rotatable bonds is 7. The summed E-state index contributed by atoms with van der Waals surface area (Å²) in [7, 11) is 0. The summed E-state index contributed by atoms with van der Waals surface area (Å²) in [6.45, 7) is 12.9. The van der Waals surface area contributed by atoms with E-state index in [1.165, 1.54) is 0 Å². The van der Waals surface area contributed by atoms with Crippen LogP contribution in [0.3, 0.4) is 0 Å². The average Bonchev–Trinajstić information content (AvgIpc) is 2.89. The minimum absolute atomic E-state index is 0.0197. The van der Waals surface area contributed by atoms with Crippen molar-refractivity contribution in [2.45, 2.75) is 26.2 Å². The smallest absolute Gasteiger partial charge is 0.225 e. The van der Waals surface area contributed by atoms with Crippen molar-refractivity contribution in [3.63, 3.8) is 0 Å². The molecule has 0 N–H and O–H groups in total. The molecule has 3 aromatic rings. The zero-order chi connectivity index (χ0) is 23.5. The van der Waals surface area contributed by atoms with Crippen LogP contribution in [0, 0.1) is 5.82 Å². The number of likely N-dealkylation sites (N-methyl/N-ethyl adjacent to an activating group) is 1. The van der Waals surface area contributed by atoms with Gasteiger partial charge in [-0.3, -0.25) is 4.90 Å². The molecule has 178 valence electrons. The second kappa shape index (κ2) is 10.2. The summed E-state index contributed by atoms with van der Waals surface area (Å²) in [6, 6.07) is 15.4. The largest absolute Gasteiger partial charge is 0.338 e. The maximum absolute atomic E-state index is 14.7. The van der Waals surface area contributed by atoms with Crippen LogP contribution in [0.5, 0.6) is 0 Å². The lowest BCUT2D eigenvalue weighted by Gasteiger charge is -2.36. The predicted molar refractivity (Wildman–Crippen MR) is 136 cm³/mol. The monoisotopic (exact) mass is 459 g/mol. The first-order chi connectivity index (χ1) is 16.7. The molecule has 5 nitrogen and oxygen atoms in total. The van der Waals surface area contributed by atoms with Gasteiger partial charge in [-0.25, -0.2) is 14.4 Å². The Labute approximate surface area is 202 Å². The van der Waals surface area contributed by atoms with Gasteiger partial charge in [0.2, 0.25) is 5.95 Å². The zero-order valence-electron chi connectivity index (χ0n) is 20.3. The van der Waals surface area contributed by atoms with E-state index in [4.69, 9.17) is 9.97 Å². The van der Waals surface area contributed by atoms with E-state index >= 15 is 0 Å². The third-order valence-electron chi connectivity index (χ3n) is 7.43. The third-order valence-corrected chi connectivity index (χ3v) is 7.43. The van der Waals surface area contributed by atoms with Gasteiger partial charge in [-0.2, -0.15) is 0 Å². The SMILES string of the molecule is CCN(CC)CCN1CCN(c2ncc3c(n2)-c2ccccc2C(c2ccccc2F)C3)CC1. The number of piperazine rings is 1. The van der Waals surface area contributed by atoms with E-state index in [1.807, 2.05) is 30.5 Å². The van der Waals surface area contributed by atoms with Crippen LogP contribution in [0.1, 0.15) is 36.5 Å². The fourth-order valence-corrected chi connectivity index (χ4v) is 5.31. The molecule has 2 heterocycles. The van der Waals surface area contributed by atoms with Crippen molar-refractivity contribution < 1.29 is 4.39 Å². The quantitative estimate of drug-likeness (QED) is 0.522. The minimum Gasteiger partial charge on any atom is -0.338 e. The van der Waals surface area contributed by atoms with E-state index in [9.17, 15) is 4.39 Å². The molecule has 0 radical (unpaired) electrons. The van der Waals surface area contributed by atoms with Gasteiger partial charge < -0.3 is 9.80 Å². The molecule has 1 atom stereocenters. The molecule has 1 aromatic heterocycles. The Morgan fingerprint density at radius 3 is 2.38 bits per heavy atom. The van der Waals surface area contributed by atoms with Gasteiger partial charge in [0, 0.05) is 56.9 Å². The summed E-state index contributed by atoms with van der Waals surface area (Å²) >= 11 is 0. The van der Waals surface area contributed by atoms with E-state index < -0.39 is 0 Å². The zero-order valence-corrected chi connectivity index (χ0v) is 20.3. The highest BCUT2D eigenvalue weighted by molar-refractivity contribution is 5.72. The lowest BCUT2D eigenvalue weighted by atomic mass is 9.78. The van der Waals surface area contributed by atoms with Gasteiger partial charge in [-0.1, -0.05) is 56.3 Å². The number of hydrogen-bond acceptors (Lipinski definition) is 5. The van der Waals surface area contributed by atoms with Gasteiger partial charge in [0.15, 0.2) is 0 Å². The molecular weight excluding hydrogens is 425 g/mol. The Balaban J connectivity index is 1.34. The van der Waals surface area contributed by atoms with Crippen LogP contribution in [0.2, 0.25) is 0 Å². The number of nitrogens with zero attached hydrogens (tertiary/aromatic N) is 5. The number of hydrogen-bond donors (Lipinski definition) is 0. The first-order valence-corrected chi connectivity index (χ1v) is 12.6. The van der Waals surface area contributed by atoms with Gasteiger partial charge >= 0.3 is 0 Å². The second-order valence-corrected chi connectivity index (χ2v) is 9.26. The normalized spacial score (nSPS) is 18.1. The Kier molecular flexibility index (Phi) is 6.88. The summed E-state index contributed by atoms with van der Waals surface area (Å²) in [5.41, 5.74) is 5.07. The topological polar surface area (TPSA) is 35.5 Å². The van der Waals surface area contributed by atoms with Crippen LogP contribution in [0.15, 0.2) is 54.7 Å². The minimum atomic E-state index is -0.151. The van der Waals surface area contributed by atoms with Crippen LogP contribution in [-0.2, 0) is 6.42 Å². The first kappa shape index (κ1) is 22.9. The molecule has 1 fully saturated rings. The standard InChI is InChI=1S/C28H34FN5/c1-3-32(4-2)13-14-33-15-17-34(18-16-33)28-30-20-21-19-25(23-10-7-8-12-26(23)29)22-9-5-6-11-24(22)27(21)31-28/h5-12,20,25H,3-4,13-19H2,1-2H3. The van der Waals surface area contributed by atoms with E-state index in [0.717, 1.165) is 86.3 Å². The molecule has 6 heteroatoms. The number of halogens is 1. The highest BCUT2D eigenvalue weighted by Gasteiger charge is 2.30. The lowest BCUT2D eigenvalue weighted by Crippen LogP contribution is -2.49. The Bertz CT molecular complexity index is 1120. The van der Waals surface area contributed by atoms with Gasteiger partial charge in [-0.05, 0) is 42.3 Å². The molecular formula is C28H34FN5. The van der Waals surface area contributed by atoms with Crippen molar-refractivity contribution in [1.29, 1.82) is 0 Å². The van der Waals surface area contributed by atoms with Crippen LogP contribution in [0.25, 0.3) is 11.3 Å². The molecule has 1 aliphatic carbocycles. The molecule has 1 aliphatic heterocycles. The summed E-state index contributed by atoms with van der Waals surface area (Å²) in [4.78, 5) is 17.1. The molecule has 5 rings (SSSR count). The van der Waals surface area contributed by atoms with Crippen molar-refractivity contribution in [2.75, 3.05) is 57.3 Å². The Morgan fingerprint density at radius 1 is 0.941 bits per heavy atom. The van der Waals surface area contributed by atoms with Gasteiger partial charge in [0.25, 0.3) is 0 Å². The number of benzene rings is 2. The molecule has 0 saturated carbocycles. The summed E-state index contributed by atoms with van der Waals surface area (Å²) in [5.74, 6) is 0.636. The van der Waals surface area contributed by atoms with Crippen molar-refractivity contribution in [3.8, 4) is 11.3 Å². The average molecular weight is 460 g/mol. The highest BCUT2D eigenvalue weighted by Crippen LogP contribution is 2.42. The summed E-state index contributed by atoms with van der Waals surface area (Å²) in [6.07, 6.45) is 2.68. The van der Waals surface area contributed by atoms with E-state index in [-0.39, 0.29) is 11.7 Å². The molecule has 0 amide bonds. The highest BCUT2D eigenvalue weighted by atomic mass is 19.1. The van der Waals surface area contributed by atoms with Crippen LogP contribution >= 0.6 is 0 Å². The number of fused-ring (bicyclic) bond motifs is 3. The fraction of sp³-hybridized carbons (Fsp3) is 0.429. The Morgan fingerprint density at radius 2 is 1.65 bits per heavy atom. The molecule has 2 aromatic carbocycles. The van der Waals surface area contributed by atoms with Gasteiger partial charge in [0.05, 0.1) is 5.69 Å². The van der Waals surface area contributed by atoms with E-state index in [0.29, 0.717) is 6.42 Å². The van der Waals surface area contributed by atoms with Crippen molar-refractivity contribution in [2.24, 2.45) is 0 Å². The Hall–Kier alpha value is -2.83. The van der Waals surface area contributed by atoms with Crippen molar-refractivity contribution in [3.05, 3.63) is 77.2 Å². The molecule has 0 spiro atoms. The van der Waals surface area contributed by atoms with Gasteiger partial charge in [-0.15, -0.1) is 0 Å². The number of anilines is 1. The number of aromatic nitrogens is 2. The maximum Gasteiger partial charge on any atom is 0.225 e.